The van der Waals surface area contributed by atoms with Crippen molar-refractivity contribution in [3.05, 3.63) is 83.1 Å². The summed E-state index contributed by atoms with van der Waals surface area (Å²) in [5, 5.41) is 0. The van der Waals surface area contributed by atoms with Crippen LogP contribution in [0.5, 0.6) is 5.75 Å². The van der Waals surface area contributed by atoms with E-state index in [0.717, 1.165) is 42.7 Å². The zero-order valence-electron chi connectivity index (χ0n) is 20.3. The first-order chi connectivity index (χ1) is 17.3. The predicted molar refractivity (Wildman–Crippen MR) is 128 cm³/mol. The standard InChI is InChI=1S/C27H30F3N3O3/c1-2-35-23-11-9-20(10-12-23)16-32(17-21-7-6-8-22(15-21)27(28,29)30)18-25-31-24(19-36-25)26(34)33-13-4-3-5-14-33/h6-12,15,19H,2-5,13-14,16-18H2,1H3. The highest BCUT2D eigenvalue weighted by Gasteiger charge is 2.30. The van der Waals surface area contributed by atoms with E-state index in [1.807, 2.05) is 36.1 Å². The highest BCUT2D eigenvalue weighted by molar-refractivity contribution is 5.92. The van der Waals surface area contributed by atoms with Crippen LogP contribution in [0.3, 0.4) is 0 Å². The number of nitrogens with zero attached hydrogens (tertiary/aromatic N) is 3. The molecule has 0 unspecified atom stereocenters. The van der Waals surface area contributed by atoms with Crippen LogP contribution in [0.4, 0.5) is 13.2 Å². The van der Waals surface area contributed by atoms with Gasteiger partial charge in [-0.05, 0) is 55.5 Å². The van der Waals surface area contributed by atoms with Gasteiger partial charge in [0.15, 0.2) is 5.69 Å². The minimum absolute atomic E-state index is 0.152. The van der Waals surface area contributed by atoms with E-state index in [-0.39, 0.29) is 24.7 Å². The van der Waals surface area contributed by atoms with Crippen molar-refractivity contribution in [3.63, 3.8) is 0 Å². The maximum Gasteiger partial charge on any atom is 0.416 e. The Morgan fingerprint density at radius 2 is 1.75 bits per heavy atom. The fourth-order valence-corrected chi connectivity index (χ4v) is 4.32. The summed E-state index contributed by atoms with van der Waals surface area (Å²) >= 11 is 0. The van der Waals surface area contributed by atoms with Gasteiger partial charge in [0.25, 0.3) is 5.91 Å². The summed E-state index contributed by atoms with van der Waals surface area (Å²) in [6, 6.07) is 12.9. The van der Waals surface area contributed by atoms with Crippen LogP contribution < -0.4 is 4.74 Å². The van der Waals surface area contributed by atoms with Crippen LogP contribution >= 0.6 is 0 Å². The molecule has 0 bridgehead atoms. The first-order valence-corrected chi connectivity index (χ1v) is 12.2. The molecule has 1 aliphatic rings. The van der Waals surface area contributed by atoms with E-state index in [1.54, 1.807) is 11.0 Å². The molecular formula is C27H30F3N3O3. The Hall–Kier alpha value is -3.33. The number of aromatic nitrogens is 1. The second-order valence-corrected chi connectivity index (χ2v) is 8.90. The molecule has 9 heteroatoms. The SMILES string of the molecule is CCOc1ccc(CN(Cc2cccc(C(F)(F)F)c2)Cc2nc(C(=O)N3CCCCC3)co2)cc1. The maximum absolute atomic E-state index is 13.2. The Morgan fingerprint density at radius 3 is 2.44 bits per heavy atom. The topological polar surface area (TPSA) is 58.8 Å². The number of benzene rings is 2. The molecule has 3 aromatic rings. The summed E-state index contributed by atoms with van der Waals surface area (Å²) in [7, 11) is 0. The molecular weight excluding hydrogens is 471 g/mol. The van der Waals surface area contributed by atoms with Crippen molar-refractivity contribution in [2.75, 3.05) is 19.7 Å². The van der Waals surface area contributed by atoms with E-state index in [0.29, 0.717) is 37.7 Å². The van der Waals surface area contributed by atoms with Gasteiger partial charge in [0.1, 0.15) is 12.0 Å². The predicted octanol–water partition coefficient (Wildman–Crippen LogP) is 5.92. The van der Waals surface area contributed by atoms with E-state index >= 15 is 0 Å². The number of likely N-dealkylation sites (tertiary alicyclic amines) is 1. The second-order valence-electron chi connectivity index (χ2n) is 8.90. The van der Waals surface area contributed by atoms with Crippen molar-refractivity contribution >= 4 is 5.91 Å². The van der Waals surface area contributed by atoms with Gasteiger partial charge in [0.2, 0.25) is 5.89 Å². The Labute approximate surface area is 208 Å². The van der Waals surface area contributed by atoms with Crippen molar-refractivity contribution in [1.82, 2.24) is 14.8 Å². The third-order valence-corrected chi connectivity index (χ3v) is 6.07. The molecule has 4 rings (SSSR count). The number of ether oxygens (including phenoxy) is 1. The molecule has 1 aliphatic heterocycles. The maximum atomic E-state index is 13.2. The van der Waals surface area contributed by atoms with Crippen molar-refractivity contribution in [2.45, 2.75) is 52.0 Å². The molecule has 0 N–H and O–H groups in total. The summed E-state index contributed by atoms with van der Waals surface area (Å²) in [5.41, 5.74) is 1.05. The van der Waals surface area contributed by atoms with Crippen LogP contribution in [0.15, 0.2) is 59.2 Å². The van der Waals surface area contributed by atoms with Gasteiger partial charge in [0.05, 0.1) is 18.7 Å². The fraction of sp³-hybridized carbons (Fsp3) is 0.407. The highest BCUT2D eigenvalue weighted by Crippen LogP contribution is 2.30. The number of amides is 1. The summed E-state index contributed by atoms with van der Waals surface area (Å²) in [6.07, 6.45) is 0.0182. The number of halogens is 3. The first-order valence-electron chi connectivity index (χ1n) is 12.2. The molecule has 36 heavy (non-hydrogen) atoms. The largest absolute Gasteiger partial charge is 0.494 e. The van der Waals surface area contributed by atoms with E-state index < -0.39 is 11.7 Å². The lowest BCUT2D eigenvalue weighted by molar-refractivity contribution is -0.137. The lowest BCUT2D eigenvalue weighted by atomic mass is 10.1. The molecule has 0 aliphatic carbocycles. The lowest BCUT2D eigenvalue weighted by Gasteiger charge is -2.25. The van der Waals surface area contributed by atoms with Gasteiger partial charge in [-0.2, -0.15) is 13.2 Å². The summed E-state index contributed by atoms with van der Waals surface area (Å²) < 4.78 is 50.8. The van der Waals surface area contributed by atoms with Gasteiger partial charge in [-0.1, -0.05) is 30.3 Å². The Kier molecular flexibility index (Phi) is 8.30. The van der Waals surface area contributed by atoms with Crippen LogP contribution in [0.1, 0.15) is 59.3 Å². The zero-order chi connectivity index (χ0) is 25.5. The van der Waals surface area contributed by atoms with Crippen LogP contribution in [0.25, 0.3) is 0 Å². The number of hydrogen-bond donors (Lipinski definition) is 0. The van der Waals surface area contributed by atoms with Crippen molar-refractivity contribution < 1.29 is 27.1 Å². The lowest BCUT2D eigenvalue weighted by Crippen LogP contribution is -2.35. The van der Waals surface area contributed by atoms with Crippen LogP contribution in [0, 0.1) is 0 Å². The first kappa shape index (κ1) is 25.8. The Morgan fingerprint density at radius 1 is 1.03 bits per heavy atom. The molecule has 0 spiro atoms. The molecule has 1 aromatic heterocycles. The third-order valence-electron chi connectivity index (χ3n) is 6.07. The number of piperidine rings is 1. The van der Waals surface area contributed by atoms with E-state index in [1.165, 1.54) is 12.3 Å². The van der Waals surface area contributed by atoms with Gasteiger partial charge >= 0.3 is 6.18 Å². The molecule has 0 atom stereocenters. The molecule has 6 nitrogen and oxygen atoms in total. The van der Waals surface area contributed by atoms with Gasteiger partial charge in [-0.25, -0.2) is 4.98 Å². The quantitative estimate of drug-likeness (QED) is 0.364. The van der Waals surface area contributed by atoms with Gasteiger partial charge in [0, 0.05) is 26.2 Å². The smallest absolute Gasteiger partial charge is 0.416 e. The van der Waals surface area contributed by atoms with Crippen molar-refractivity contribution in [3.8, 4) is 5.75 Å². The number of rotatable bonds is 9. The fourth-order valence-electron chi connectivity index (χ4n) is 4.32. The third kappa shape index (κ3) is 6.87. The molecule has 2 heterocycles. The van der Waals surface area contributed by atoms with E-state index in [9.17, 15) is 18.0 Å². The average Bonchev–Trinajstić information content (AvgIpc) is 3.33. The Bertz CT molecular complexity index is 1140. The van der Waals surface area contributed by atoms with Gasteiger partial charge < -0.3 is 14.1 Å². The van der Waals surface area contributed by atoms with Crippen LogP contribution in [0.2, 0.25) is 0 Å². The number of hydrogen-bond acceptors (Lipinski definition) is 5. The summed E-state index contributed by atoms with van der Waals surface area (Å²) in [4.78, 5) is 20.9. The van der Waals surface area contributed by atoms with Crippen LogP contribution in [-0.2, 0) is 25.8 Å². The molecule has 192 valence electrons. The van der Waals surface area contributed by atoms with Crippen molar-refractivity contribution in [1.29, 1.82) is 0 Å². The van der Waals surface area contributed by atoms with Gasteiger partial charge in [-0.3, -0.25) is 9.69 Å². The molecule has 1 fully saturated rings. The molecule has 2 aromatic carbocycles. The Balaban J connectivity index is 1.52. The van der Waals surface area contributed by atoms with Gasteiger partial charge in [-0.15, -0.1) is 0 Å². The van der Waals surface area contributed by atoms with Crippen LogP contribution in [-0.4, -0.2) is 40.4 Å². The van der Waals surface area contributed by atoms with Crippen molar-refractivity contribution in [2.24, 2.45) is 0 Å². The molecule has 1 amide bonds. The summed E-state index contributed by atoms with van der Waals surface area (Å²) in [5.74, 6) is 0.938. The summed E-state index contributed by atoms with van der Waals surface area (Å²) in [6.45, 7) is 4.81. The highest BCUT2D eigenvalue weighted by atomic mass is 19.4. The molecule has 0 saturated carbocycles. The number of carbonyl (C=O) groups excluding carboxylic acids is 1. The van der Waals surface area contributed by atoms with E-state index in [2.05, 4.69) is 4.98 Å². The van der Waals surface area contributed by atoms with E-state index in [4.69, 9.17) is 9.15 Å². The molecule has 0 radical (unpaired) electrons. The molecule has 1 saturated heterocycles. The zero-order valence-corrected chi connectivity index (χ0v) is 20.3. The second kappa shape index (κ2) is 11.6. The number of carbonyl (C=O) groups is 1. The number of oxazole rings is 1. The minimum atomic E-state index is -4.41. The monoisotopic (exact) mass is 501 g/mol. The average molecular weight is 502 g/mol. The minimum Gasteiger partial charge on any atom is -0.494 e. The number of alkyl halides is 3. The normalized spacial score (nSPS) is 14.3.